The van der Waals surface area contributed by atoms with Gasteiger partial charge in [0.1, 0.15) is 17.9 Å². The Bertz CT molecular complexity index is 477. The third kappa shape index (κ3) is 4.08. The molecule has 1 atom stereocenters. The highest BCUT2D eigenvalue weighted by molar-refractivity contribution is 5.75. The van der Waals surface area contributed by atoms with Crippen molar-refractivity contribution in [2.45, 2.75) is 46.3 Å². The maximum absolute atomic E-state index is 12.2. The van der Waals surface area contributed by atoms with Crippen LogP contribution in [-0.4, -0.2) is 29.4 Å². The molecule has 0 aliphatic rings. The molecule has 1 aromatic carbocycles. The van der Waals surface area contributed by atoms with Crippen LogP contribution in [0.2, 0.25) is 0 Å². The number of likely N-dealkylation sites (N-methyl/N-ethyl adjacent to an activating group) is 1. The number of aryl methyl sites for hydroxylation is 1. The first-order chi connectivity index (χ1) is 9.30. The van der Waals surface area contributed by atoms with E-state index < -0.39 is 17.7 Å². The van der Waals surface area contributed by atoms with Gasteiger partial charge in [-0.15, -0.1) is 0 Å². The Kier molecular flexibility index (Phi) is 5.31. The lowest BCUT2D eigenvalue weighted by molar-refractivity contribution is -0.112. The maximum Gasteiger partial charge on any atom is 0.411 e. The highest BCUT2D eigenvalue weighted by Gasteiger charge is 2.28. The van der Waals surface area contributed by atoms with Gasteiger partial charge in [-0.3, -0.25) is 4.90 Å². The molecule has 4 heteroatoms. The van der Waals surface area contributed by atoms with Gasteiger partial charge < -0.3 is 9.53 Å². The van der Waals surface area contributed by atoms with Gasteiger partial charge in [0.25, 0.3) is 0 Å². The molecule has 1 rings (SSSR count). The molecule has 1 unspecified atom stereocenters. The standard InChI is InChI=1S/C16H23NO3/c1-6-17(15(19)20-16(3,4)5)14(11-18)13-10-8-7-9-12(13)2/h7-11,14H,6H2,1-5H3. The number of nitrogens with zero attached hydrogens (tertiary/aromatic N) is 1. The van der Waals surface area contributed by atoms with E-state index in [1.807, 2.05) is 58.9 Å². The molecule has 0 saturated heterocycles. The van der Waals surface area contributed by atoms with Crippen LogP contribution < -0.4 is 0 Å². The Balaban J connectivity index is 3.05. The number of carbonyl (C=O) groups is 2. The number of ether oxygens (including phenoxy) is 1. The number of hydrogen-bond acceptors (Lipinski definition) is 3. The van der Waals surface area contributed by atoms with Gasteiger partial charge in [-0.2, -0.15) is 0 Å². The maximum atomic E-state index is 12.2. The first-order valence-corrected chi connectivity index (χ1v) is 6.80. The predicted octanol–water partition coefficient (Wildman–Crippen LogP) is 3.49. The van der Waals surface area contributed by atoms with Crippen molar-refractivity contribution in [2.24, 2.45) is 0 Å². The van der Waals surface area contributed by atoms with Crippen molar-refractivity contribution in [3.05, 3.63) is 35.4 Å². The molecule has 0 spiro atoms. The molecule has 0 heterocycles. The average Bonchev–Trinajstić information content (AvgIpc) is 2.34. The molecular formula is C16H23NO3. The van der Waals surface area contributed by atoms with Gasteiger partial charge in [0.05, 0.1) is 0 Å². The van der Waals surface area contributed by atoms with Gasteiger partial charge in [-0.05, 0) is 45.7 Å². The highest BCUT2D eigenvalue weighted by Crippen LogP contribution is 2.24. The molecule has 0 bridgehead atoms. The summed E-state index contributed by atoms with van der Waals surface area (Å²) in [5, 5.41) is 0. The fourth-order valence-electron chi connectivity index (χ4n) is 1.99. The number of rotatable bonds is 4. The second kappa shape index (κ2) is 6.55. The topological polar surface area (TPSA) is 46.6 Å². The van der Waals surface area contributed by atoms with E-state index in [0.717, 1.165) is 17.4 Å². The van der Waals surface area contributed by atoms with E-state index in [4.69, 9.17) is 4.74 Å². The van der Waals surface area contributed by atoms with E-state index in [9.17, 15) is 9.59 Å². The van der Waals surface area contributed by atoms with Crippen molar-refractivity contribution < 1.29 is 14.3 Å². The van der Waals surface area contributed by atoms with Crippen molar-refractivity contribution >= 4 is 12.4 Å². The zero-order valence-electron chi connectivity index (χ0n) is 12.8. The molecule has 0 aliphatic carbocycles. The predicted molar refractivity (Wildman–Crippen MR) is 78.6 cm³/mol. The molecule has 0 saturated carbocycles. The molecule has 0 aliphatic heterocycles. The summed E-state index contributed by atoms with van der Waals surface area (Å²) in [5.74, 6) is 0. The Morgan fingerprint density at radius 2 is 1.95 bits per heavy atom. The van der Waals surface area contributed by atoms with Gasteiger partial charge in [-0.1, -0.05) is 24.3 Å². The first-order valence-electron chi connectivity index (χ1n) is 6.80. The van der Waals surface area contributed by atoms with Crippen molar-refractivity contribution in [3.63, 3.8) is 0 Å². The van der Waals surface area contributed by atoms with Crippen LogP contribution in [0.25, 0.3) is 0 Å². The van der Waals surface area contributed by atoms with Crippen LogP contribution in [-0.2, 0) is 9.53 Å². The summed E-state index contributed by atoms with van der Waals surface area (Å²) in [6.45, 7) is 9.59. The summed E-state index contributed by atoms with van der Waals surface area (Å²) < 4.78 is 5.36. The molecule has 4 nitrogen and oxygen atoms in total. The summed E-state index contributed by atoms with van der Waals surface area (Å²) in [7, 11) is 0. The third-order valence-electron chi connectivity index (χ3n) is 2.94. The molecular weight excluding hydrogens is 254 g/mol. The van der Waals surface area contributed by atoms with Crippen LogP contribution >= 0.6 is 0 Å². The number of benzene rings is 1. The molecule has 20 heavy (non-hydrogen) atoms. The summed E-state index contributed by atoms with van der Waals surface area (Å²) in [5.41, 5.74) is 1.23. The number of amides is 1. The van der Waals surface area contributed by atoms with Gasteiger partial charge in [-0.25, -0.2) is 4.79 Å². The van der Waals surface area contributed by atoms with Gasteiger partial charge in [0.2, 0.25) is 0 Å². The normalized spacial score (nSPS) is 12.7. The highest BCUT2D eigenvalue weighted by atomic mass is 16.6. The Morgan fingerprint density at radius 3 is 2.40 bits per heavy atom. The SMILES string of the molecule is CCN(C(=O)OC(C)(C)C)C(C=O)c1ccccc1C. The second-order valence-electron chi connectivity index (χ2n) is 5.70. The van der Waals surface area contributed by atoms with E-state index in [1.54, 1.807) is 0 Å². The number of hydrogen-bond donors (Lipinski definition) is 0. The molecule has 1 aromatic rings. The average molecular weight is 277 g/mol. The van der Waals surface area contributed by atoms with Crippen LogP contribution in [0.3, 0.4) is 0 Å². The van der Waals surface area contributed by atoms with Gasteiger partial charge in [0.15, 0.2) is 0 Å². The quantitative estimate of drug-likeness (QED) is 0.791. The molecule has 0 fully saturated rings. The van der Waals surface area contributed by atoms with E-state index in [0.29, 0.717) is 6.54 Å². The van der Waals surface area contributed by atoms with Crippen LogP contribution in [0.4, 0.5) is 4.79 Å². The van der Waals surface area contributed by atoms with Gasteiger partial charge >= 0.3 is 6.09 Å². The lowest BCUT2D eigenvalue weighted by atomic mass is 10.0. The molecule has 0 radical (unpaired) electrons. The van der Waals surface area contributed by atoms with Gasteiger partial charge in [0, 0.05) is 6.54 Å². The molecule has 0 aromatic heterocycles. The smallest absolute Gasteiger partial charge is 0.411 e. The first kappa shape index (κ1) is 16.2. The molecule has 1 amide bonds. The summed E-state index contributed by atoms with van der Waals surface area (Å²) >= 11 is 0. The Hall–Kier alpha value is -1.84. The Labute approximate surface area is 120 Å². The minimum absolute atomic E-state index is 0.409. The second-order valence-corrected chi connectivity index (χ2v) is 5.70. The largest absolute Gasteiger partial charge is 0.444 e. The van der Waals surface area contributed by atoms with E-state index in [2.05, 4.69) is 0 Å². The van der Waals surface area contributed by atoms with Crippen LogP contribution in [0, 0.1) is 6.92 Å². The monoisotopic (exact) mass is 277 g/mol. The van der Waals surface area contributed by atoms with Crippen molar-refractivity contribution in [3.8, 4) is 0 Å². The van der Waals surface area contributed by atoms with E-state index >= 15 is 0 Å². The van der Waals surface area contributed by atoms with E-state index in [-0.39, 0.29) is 0 Å². The lowest BCUT2D eigenvalue weighted by Gasteiger charge is -2.30. The zero-order valence-corrected chi connectivity index (χ0v) is 12.8. The number of carbonyl (C=O) groups excluding carboxylic acids is 2. The van der Waals surface area contributed by atoms with Crippen molar-refractivity contribution in [1.29, 1.82) is 0 Å². The van der Waals surface area contributed by atoms with Crippen LogP contribution in [0.1, 0.15) is 44.9 Å². The van der Waals surface area contributed by atoms with Crippen LogP contribution in [0.15, 0.2) is 24.3 Å². The third-order valence-corrected chi connectivity index (χ3v) is 2.94. The van der Waals surface area contributed by atoms with E-state index in [1.165, 1.54) is 4.90 Å². The Morgan fingerprint density at radius 1 is 1.35 bits per heavy atom. The zero-order chi connectivity index (χ0) is 15.3. The molecule has 0 N–H and O–H groups in total. The fourth-order valence-corrected chi connectivity index (χ4v) is 1.99. The summed E-state index contributed by atoms with van der Waals surface area (Å²) in [4.78, 5) is 25.1. The van der Waals surface area contributed by atoms with Crippen molar-refractivity contribution in [1.82, 2.24) is 4.90 Å². The lowest BCUT2D eigenvalue weighted by Crippen LogP contribution is -2.40. The van der Waals surface area contributed by atoms with Crippen molar-refractivity contribution in [2.75, 3.05) is 6.54 Å². The summed E-state index contributed by atoms with van der Waals surface area (Å²) in [6, 6.07) is 6.94. The minimum Gasteiger partial charge on any atom is -0.444 e. The molecule has 110 valence electrons. The summed E-state index contributed by atoms with van der Waals surface area (Å²) in [6.07, 6.45) is 0.316. The fraction of sp³-hybridized carbons (Fsp3) is 0.500. The van der Waals surface area contributed by atoms with Crippen LogP contribution in [0.5, 0.6) is 0 Å². The number of aldehydes is 1. The minimum atomic E-state index is -0.615.